The van der Waals surface area contributed by atoms with Crippen molar-refractivity contribution in [2.24, 2.45) is 0 Å². The van der Waals surface area contributed by atoms with Crippen molar-refractivity contribution in [1.29, 1.82) is 0 Å². The van der Waals surface area contributed by atoms with Crippen LogP contribution in [-0.4, -0.2) is 26.0 Å². The Morgan fingerprint density at radius 2 is 1.52 bits per heavy atom. The number of benzene rings is 3. The molecule has 0 amide bonds. The molecule has 0 bridgehead atoms. The summed E-state index contributed by atoms with van der Waals surface area (Å²) in [5.74, 6) is -14.1. The van der Waals surface area contributed by atoms with Crippen molar-refractivity contribution in [3.63, 3.8) is 0 Å². The summed E-state index contributed by atoms with van der Waals surface area (Å²) in [6.45, 7) is 0.522. The SMILES string of the molecule is O=C(O)c1cc(N2CCc3ccccc32)ccc1NS(=O)(=O)c1c(F)c(F)c(F)c(F)c1F. The lowest BCUT2D eigenvalue weighted by Gasteiger charge is -2.21. The zero-order chi connectivity index (χ0) is 24.1. The number of rotatable bonds is 5. The molecule has 0 aliphatic carbocycles. The molecule has 6 nitrogen and oxygen atoms in total. The molecule has 0 fully saturated rings. The van der Waals surface area contributed by atoms with Crippen LogP contribution in [-0.2, 0) is 16.4 Å². The van der Waals surface area contributed by atoms with Crippen molar-refractivity contribution in [2.45, 2.75) is 11.3 Å². The van der Waals surface area contributed by atoms with Gasteiger partial charge in [0.25, 0.3) is 10.0 Å². The average molecular weight is 484 g/mol. The third kappa shape index (κ3) is 3.75. The number of nitrogens with one attached hydrogen (secondary N) is 1. The molecule has 1 heterocycles. The van der Waals surface area contributed by atoms with Gasteiger partial charge in [-0.3, -0.25) is 4.72 Å². The highest BCUT2D eigenvalue weighted by Crippen LogP contribution is 2.36. The molecule has 0 saturated carbocycles. The van der Waals surface area contributed by atoms with Gasteiger partial charge in [0.15, 0.2) is 28.2 Å². The number of anilines is 3. The molecule has 0 aromatic heterocycles. The lowest BCUT2D eigenvalue weighted by molar-refractivity contribution is 0.0698. The van der Waals surface area contributed by atoms with Crippen LogP contribution in [0.3, 0.4) is 0 Å². The van der Waals surface area contributed by atoms with Crippen molar-refractivity contribution in [3.8, 4) is 0 Å². The smallest absolute Gasteiger partial charge is 0.337 e. The number of carboxylic acids is 1. The maximum atomic E-state index is 14.0. The zero-order valence-corrected chi connectivity index (χ0v) is 17.2. The first-order valence-electron chi connectivity index (χ1n) is 9.30. The maximum absolute atomic E-state index is 14.0. The monoisotopic (exact) mass is 484 g/mol. The van der Waals surface area contributed by atoms with E-state index in [9.17, 15) is 40.3 Å². The molecule has 2 N–H and O–H groups in total. The number of carboxylic acid groups (broad SMARTS) is 1. The van der Waals surface area contributed by atoms with Crippen molar-refractivity contribution in [2.75, 3.05) is 16.2 Å². The first kappa shape index (κ1) is 22.5. The van der Waals surface area contributed by atoms with Gasteiger partial charge in [0.05, 0.1) is 11.3 Å². The first-order chi connectivity index (χ1) is 15.5. The van der Waals surface area contributed by atoms with E-state index in [1.165, 1.54) is 6.07 Å². The van der Waals surface area contributed by atoms with Gasteiger partial charge in [-0.05, 0) is 36.2 Å². The molecule has 0 spiro atoms. The summed E-state index contributed by atoms with van der Waals surface area (Å²) in [6, 6.07) is 10.9. The third-order valence-corrected chi connectivity index (χ3v) is 6.50. The van der Waals surface area contributed by atoms with E-state index in [0.29, 0.717) is 18.7 Å². The van der Waals surface area contributed by atoms with Crippen LogP contribution in [0.1, 0.15) is 15.9 Å². The van der Waals surface area contributed by atoms with Crippen molar-refractivity contribution in [3.05, 3.63) is 82.7 Å². The molecule has 172 valence electrons. The largest absolute Gasteiger partial charge is 0.478 e. The molecule has 33 heavy (non-hydrogen) atoms. The molecule has 0 atom stereocenters. The predicted octanol–water partition coefficient (Wildman–Crippen LogP) is 4.58. The van der Waals surface area contributed by atoms with Gasteiger partial charge in [-0.1, -0.05) is 18.2 Å². The lowest BCUT2D eigenvalue weighted by atomic mass is 10.1. The van der Waals surface area contributed by atoms with Crippen molar-refractivity contribution in [1.82, 2.24) is 0 Å². The van der Waals surface area contributed by atoms with Crippen LogP contribution in [0.4, 0.5) is 39.0 Å². The quantitative estimate of drug-likeness (QED) is 0.315. The molecular formula is C21H13F5N2O4S. The Hall–Kier alpha value is -3.67. The zero-order valence-electron chi connectivity index (χ0n) is 16.4. The summed E-state index contributed by atoms with van der Waals surface area (Å²) in [6.07, 6.45) is 0.688. The highest BCUT2D eigenvalue weighted by Gasteiger charge is 2.34. The van der Waals surface area contributed by atoms with Crippen LogP contribution in [0, 0.1) is 29.1 Å². The summed E-state index contributed by atoms with van der Waals surface area (Å²) >= 11 is 0. The number of aromatic carboxylic acids is 1. The Labute approximate surface area is 183 Å². The van der Waals surface area contributed by atoms with E-state index in [1.807, 2.05) is 18.2 Å². The predicted molar refractivity (Wildman–Crippen MR) is 108 cm³/mol. The minimum Gasteiger partial charge on any atom is -0.478 e. The standard InChI is InChI=1S/C21H13F5N2O4S/c22-15-16(23)18(25)20(19(26)17(15)24)33(31,32)27-13-6-5-11(9-12(13)21(29)30)28-8-7-10-3-1-2-4-14(10)28/h1-6,9,27H,7-8H2,(H,29,30). The van der Waals surface area contributed by atoms with E-state index in [2.05, 4.69) is 0 Å². The van der Waals surface area contributed by atoms with E-state index in [4.69, 9.17) is 0 Å². The molecule has 1 aliphatic rings. The van der Waals surface area contributed by atoms with Crippen LogP contribution in [0.25, 0.3) is 0 Å². The van der Waals surface area contributed by atoms with Gasteiger partial charge in [-0.15, -0.1) is 0 Å². The number of fused-ring (bicyclic) bond motifs is 1. The number of para-hydroxylation sites is 1. The average Bonchev–Trinajstić information content (AvgIpc) is 3.20. The summed E-state index contributed by atoms with van der Waals surface area (Å²) in [7, 11) is -5.40. The van der Waals surface area contributed by atoms with Crippen molar-refractivity contribution < 1.29 is 40.3 Å². The third-order valence-electron chi connectivity index (χ3n) is 5.11. The molecule has 3 aromatic rings. The minimum atomic E-state index is -5.40. The van der Waals surface area contributed by atoms with Gasteiger partial charge >= 0.3 is 5.97 Å². The summed E-state index contributed by atoms with van der Waals surface area (Å²) in [5.41, 5.74) is 1.03. The second kappa shape index (κ2) is 8.03. The van der Waals surface area contributed by atoms with Gasteiger partial charge in [0.1, 0.15) is 0 Å². The minimum absolute atomic E-state index is 0.400. The summed E-state index contributed by atoms with van der Waals surface area (Å²) < 4.78 is 94.8. The van der Waals surface area contributed by atoms with Crippen LogP contribution in [0.5, 0.6) is 0 Å². The molecular weight excluding hydrogens is 471 g/mol. The molecule has 0 unspecified atom stereocenters. The normalized spacial score (nSPS) is 13.2. The first-order valence-corrected chi connectivity index (χ1v) is 10.8. The van der Waals surface area contributed by atoms with E-state index >= 15 is 0 Å². The van der Waals surface area contributed by atoms with Crippen LogP contribution >= 0.6 is 0 Å². The molecule has 0 saturated heterocycles. The number of nitrogens with zero attached hydrogens (tertiary/aromatic N) is 1. The Balaban J connectivity index is 1.76. The van der Waals surface area contributed by atoms with Crippen molar-refractivity contribution >= 4 is 33.1 Å². The highest BCUT2D eigenvalue weighted by atomic mass is 32.2. The van der Waals surface area contributed by atoms with Crippen LogP contribution in [0.15, 0.2) is 47.4 Å². The van der Waals surface area contributed by atoms with Gasteiger partial charge in [-0.25, -0.2) is 35.2 Å². The fourth-order valence-corrected chi connectivity index (χ4v) is 4.81. The Kier molecular flexibility index (Phi) is 5.48. The fourth-order valence-electron chi connectivity index (χ4n) is 3.59. The lowest BCUT2D eigenvalue weighted by Crippen LogP contribution is -2.21. The number of hydrogen-bond donors (Lipinski definition) is 2. The van der Waals surface area contributed by atoms with Gasteiger partial charge in [-0.2, -0.15) is 0 Å². The second-order valence-electron chi connectivity index (χ2n) is 7.07. The maximum Gasteiger partial charge on any atom is 0.337 e. The van der Waals surface area contributed by atoms with E-state index < -0.39 is 61.2 Å². The Morgan fingerprint density at radius 3 is 2.15 bits per heavy atom. The van der Waals surface area contributed by atoms with Gasteiger partial charge in [0.2, 0.25) is 5.82 Å². The molecule has 3 aromatic carbocycles. The Bertz CT molecular complexity index is 1380. The molecule has 12 heteroatoms. The number of carbonyl (C=O) groups is 1. The van der Waals surface area contributed by atoms with Gasteiger partial charge in [0, 0.05) is 17.9 Å². The summed E-state index contributed by atoms with van der Waals surface area (Å²) in [5, 5.41) is 9.56. The van der Waals surface area contributed by atoms with E-state index in [-0.39, 0.29) is 0 Å². The molecule has 4 rings (SSSR count). The highest BCUT2D eigenvalue weighted by molar-refractivity contribution is 7.92. The van der Waals surface area contributed by atoms with Crippen LogP contribution in [0.2, 0.25) is 0 Å². The topological polar surface area (TPSA) is 86.7 Å². The number of sulfonamides is 1. The number of halogens is 5. The van der Waals surface area contributed by atoms with E-state index in [0.717, 1.165) is 23.4 Å². The molecule has 1 aliphatic heterocycles. The number of hydrogen-bond acceptors (Lipinski definition) is 4. The second-order valence-corrected chi connectivity index (χ2v) is 8.69. The van der Waals surface area contributed by atoms with Crippen LogP contribution < -0.4 is 9.62 Å². The summed E-state index contributed by atoms with van der Waals surface area (Å²) in [4.78, 5) is 11.5. The fraction of sp³-hybridized carbons (Fsp3) is 0.0952. The van der Waals surface area contributed by atoms with Gasteiger partial charge < -0.3 is 10.0 Å². The van der Waals surface area contributed by atoms with E-state index in [1.54, 1.807) is 15.7 Å². The molecule has 0 radical (unpaired) electrons. The Morgan fingerprint density at radius 1 is 0.909 bits per heavy atom.